The van der Waals surface area contributed by atoms with E-state index >= 15 is 0 Å². The van der Waals surface area contributed by atoms with Crippen LogP contribution in [0.3, 0.4) is 0 Å². The zero-order valence-corrected chi connectivity index (χ0v) is 7.87. The summed E-state index contributed by atoms with van der Waals surface area (Å²) in [5.41, 5.74) is 5.93. The van der Waals surface area contributed by atoms with Gasteiger partial charge in [0.1, 0.15) is 0 Å². The Labute approximate surface area is 78.8 Å². The molecular weight excluding hydrogens is 168 g/mol. The van der Waals surface area contributed by atoms with Crippen LogP contribution in [-0.4, -0.2) is 44.6 Å². The molecule has 2 fully saturated rings. The van der Waals surface area contributed by atoms with Crippen LogP contribution in [0.15, 0.2) is 0 Å². The van der Waals surface area contributed by atoms with Gasteiger partial charge in [-0.2, -0.15) is 0 Å². The summed E-state index contributed by atoms with van der Waals surface area (Å²) in [4.78, 5) is 0. The fourth-order valence-electron chi connectivity index (χ4n) is 1.89. The van der Waals surface area contributed by atoms with E-state index in [1.165, 1.54) is 0 Å². The fourth-order valence-corrected chi connectivity index (χ4v) is 1.89. The zero-order valence-electron chi connectivity index (χ0n) is 7.87. The van der Waals surface area contributed by atoms with Gasteiger partial charge in [-0.1, -0.05) is 0 Å². The lowest BCUT2D eigenvalue weighted by Gasteiger charge is -2.31. The van der Waals surface area contributed by atoms with Crippen LogP contribution in [-0.2, 0) is 9.47 Å². The topological polar surface area (TPSA) is 56.5 Å². The molecule has 3 N–H and O–H groups in total. The van der Waals surface area contributed by atoms with E-state index in [0.717, 1.165) is 39.1 Å². The molecule has 0 amide bonds. The number of piperidine rings is 1. The minimum absolute atomic E-state index is 0.148. The summed E-state index contributed by atoms with van der Waals surface area (Å²) in [6.45, 7) is 3.48. The molecule has 0 saturated carbocycles. The lowest BCUT2D eigenvalue weighted by Crippen LogP contribution is -2.51. The first-order chi connectivity index (χ1) is 6.36. The van der Waals surface area contributed by atoms with E-state index in [-0.39, 0.29) is 18.2 Å². The van der Waals surface area contributed by atoms with Crippen LogP contribution in [0.25, 0.3) is 0 Å². The molecule has 0 spiro atoms. The first-order valence-electron chi connectivity index (χ1n) is 5.06. The van der Waals surface area contributed by atoms with E-state index in [1.807, 2.05) is 0 Å². The second-order valence-corrected chi connectivity index (χ2v) is 3.82. The molecule has 2 saturated heterocycles. The van der Waals surface area contributed by atoms with Crippen LogP contribution in [0.4, 0.5) is 0 Å². The maximum atomic E-state index is 5.93. The van der Waals surface area contributed by atoms with Gasteiger partial charge in [-0.3, -0.25) is 0 Å². The van der Waals surface area contributed by atoms with Gasteiger partial charge in [0.15, 0.2) is 0 Å². The van der Waals surface area contributed by atoms with Gasteiger partial charge in [-0.25, -0.2) is 0 Å². The van der Waals surface area contributed by atoms with Crippen LogP contribution in [0.1, 0.15) is 12.8 Å². The molecule has 2 aliphatic rings. The van der Waals surface area contributed by atoms with E-state index < -0.39 is 0 Å². The number of rotatable bonds is 2. The summed E-state index contributed by atoms with van der Waals surface area (Å²) >= 11 is 0. The Morgan fingerprint density at radius 3 is 3.00 bits per heavy atom. The second kappa shape index (κ2) is 4.37. The summed E-state index contributed by atoms with van der Waals surface area (Å²) in [5.74, 6) is 0. The molecule has 0 bridgehead atoms. The third-order valence-electron chi connectivity index (χ3n) is 2.72. The molecule has 2 heterocycles. The number of nitrogens with one attached hydrogen (secondary N) is 1. The normalized spacial score (nSPS) is 40.8. The van der Waals surface area contributed by atoms with Crippen molar-refractivity contribution in [1.29, 1.82) is 0 Å². The number of hydrogen-bond donors (Lipinski definition) is 2. The molecule has 0 aromatic carbocycles. The van der Waals surface area contributed by atoms with Crippen molar-refractivity contribution in [3.8, 4) is 0 Å². The van der Waals surface area contributed by atoms with Gasteiger partial charge in [0, 0.05) is 19.2 Å². The standard InChI is InChI=1S/C9H18N2O2/c10-8-5-11-3-1-9(8)13-7-2-4-12-6-7/h7-9,11H,1-6,10H2/t7-,8?,9?/m0/s1. The van der Waals surface area contributed by atoms with Crippen LogP contribution >= 0.6 is 0 Å². The number of hydrogen-bond acceptors (Lipinski definition) is 4. The minimum atomic E-state index is 0.148. The van der Waals surface area contributed by atoms with Gasteiger partial charge < -0.3 is 20.5 Å². The Hall–Kier alpha value is -0.160. The van der Waals surface area contributed by atoms with Gasteiger partial charge in [-0.15, -0.1) is 0 Å². The van der Waals surface area contributed by atoms with Gasteiger partial charge >= 0.3 is 0 Å². The fraction of sp³-hybridized carbons (Fsp3) is 1.00. The van der Waals surface area contributed by atoms with E-state index in [0.29, 0.717) is 0 Å². The first kappa shape index (κ1) is 9.40. The molecule has 3 atom stereocenters. The van der Waals surface area contributed by atoms with E-state index in [1.54, 1.807) is 0 Å². The van der Waals surface area contributed by atoms with E-state index in [9.17, 15) is 0 Å². The predicted octanol–water partition coefficient (Wildman–Crippen LogP) is -0.519. The Morgan fingerprint density at radius 1 is 1.38 bits per heavy atom. The van der Waals surface area contributed by atoms with E-state index in [2.05, 4.69) is 5.32 Å². The van der Waals surface area contributed by atoms with Crippen molar-refractivity contribution >= 4 is 0 Å². The third-order valence-corrected chi connectivity index (χ3v) is 2.72. The lowest BCUT2D eigenvalue weighted by molar-refractivity contribution is -0.0377. The largest absolute Gasteiger partial charge is 0.379 e. The summed E-state index contributed by atoms with van der Waals surface area (Å²) < 4.78 is 11.1. The smallest absolute Gasteiger partial charge is 0.0835 e. The second-order valence-electron chi connectivity index (χ2n) is 3.82. The van der Waals surface area contributed by atoms with Crippen molar-refractivity contribution in [1.82, 2.24) is 5.32 Å². The Morgan fingerprint density at radius 2 is 2.31 bits per heavy atom. The SMILES string of the molecule is NC1CNCCC1O[C@H]1CCOC1. The molecule has 0 aliphatic carbocycles. The molecule has 13 heavy (non-hydrogen) atoms. The Kier molecular flexibility index (Phi) is 3.16. The average molecular weight is 186 g/mol. The minimum Gasteiger partial charge on any atom is -0.379 e. The summed E-state index contributed by atoms with van der Waals surface area (Å²) in [6, 6.07) is 0.148. The quantitative estimate of drug-likeness (QED) is 0.609. The molecule has 76 valence electrons. The molecule has 0 radical (unpaired) electrons. The maximum absolute atomic E-state index is 5.93. The molecule has 2 unspecified atom stereocenters. The first-order valence-corrected chi connectivity index (χ1v) is 5.06. The van der Waals surface area contributed by atoms with Crippen LogP contribution < -0.4 is 11.1 Å². The average Bonchev–Trinajstić information content (AvgIpc) is 2.61. The summed E-state index contributed by atoms with van der Waals surface area (Å²) in [5, 5.41) is 3.25. The van der Waals surface area contributed by atoms with Crippen molar-refractivity contribution in [2.24, 2.45) is 5.73 Å². The number of ether oxygens (including phenoxy) is 2. The summed E-state index contributed by atoms with van der Waals surface area (Å²) in [6.07, 6.45) is 2.57. The van der Waals surface area contributed by atoms with Gasteiger partial charge in [0.05, 0.1) is 18.8 Å². The monoisotopic (exact) mass is 186 g/mol. The zero-order chi connectivity index (χ0) is 9.10. The van der Waals surface area contributed by atoms with Gasteiger partial charge in [-0.05, 0) is 19.4 Å². The van der Waals surface area contributed by atoms with Crippen molar-refractivity contribution in [2.45, 2.75) is 31.1 Å². The Bertz CT molecular complexity index is 160. The lowest BCUT2D eigenvalue weighted by atomic mass is 10.0. The van der Waals surface area contributed by atoms with E-state index in [4.69, 9.17) is 15.2 Å². The molecular formula is C9H18N2O2. The Balaban J connectivity index is 1.78. The molecule has 0 aromatic heterocycles. The third kappa shape index (κ3) is 2.40. The number of nitrogens with two attached hydrogens (primary N) is 1. The van der Waals surface area contributed by atoms with Gasteiger partial charge in [0.2, 0.25) is 0 Å². The molecule has 2 aliphatic heterocycles. The van der Waals surface area contributed by atoms with Crippen molar-refractivity contribution in [3.63, 3.8) is 0 Å². The molecule has 0 aromatic rings. The van der Waals surface area contributed by atoms with Crippen LogP contribution in [0.5, 0.6) is 0 Å². The van der Waals surface area contributed by atoms with Crippen LogP contribution in [0.2, 0.25) is 0 Å². The highest BCUT2D eigenvalue weighted by molar-refractivity contribution is 4.83. The summed E-state index contributed by atoms with van der Waals surface area (Å²) in [7, 11) is 0. The highest BCUT2D eigenvalue weighted by atomic mass is 16.6. The van der Waals surface area contributed by atoms with Crippen LogP contribution in [0, 0.1) is 0 Å². The predicted molar refractivity (Wildman–Crippen MR) is 49.6 cm³/mol. The maximum Gasteiger partial charge on any atom is 0.0835 e. The molecule has 4 heteroatoms. The molecule has 2 rings (SSSR count). The highest BCUT2D eigenvalue weighted by Gasteiger charge is 2.27. The van der Waals surface area contributed by atoms with Crippen molar-refractivity contribution < 1.29 is 9.47 Å². The van der Waals surface area contributed by atoms with Crippen molar-refractivity contribution in [2.75, 3.05) is 26.3 Å². The van der Waals surface area contributed by atoms with Gasteiger partial charge in [0.25, 0.3) is 0 Å². The highest BCUT2D eigenvalue weighted by Crippen LogP contribution is 2.15. The van der Waals surface area contributed by atoms with Crippen molar-refractivity contribution in [3.05, 3.63) is 0 Å². The molecule has 4 nitrogen and oxygen atoms in total.